The van der Waals surface area contributed by atoms with Crippen molar-refractivity contribution in [1.29, 1.82) is 5.41 Å². The van der Waals surface area contributed by atoms with Gasteiger partial charge in [0.15, 0.2) is 6.61 Å². The number of nitrogens with one attached hydrogen (secondary N) is 4. The van der Waals surface area contributed by atoms with Crippen LogP contribution < -0.4 is 16.0 Å². The molecule has 0 aliphatic heterocycles. The summed E-state index contributed by atoms with van der Waals surface area (Å²) in [6.45, 7) is 10.2. The third kappa shape index (κ3) is 14.2. The number of hydrogen-bond acceptors (Lipinski definition) is 5. The molecule has 1 atom stereocenters. The van der Waals surface area contributed by atoms with Gasteiger partial charge >= 0.3 is 0 Å². The maximum absolute atomic E-state index is 13.1. The molecule has 8 heteroatoms. The molecule has 0 aromatic carbocycles. The lowest BCUT2D eigenvalue weighted by molar-refractivity contribution is 0.0167. The first-order chi connectivity index (χ1) is 18.7. The van der Waals surface area contributed by atoms with Gasteiger partial charge in [-0.25, -0.2) is 0 Å². The molecular formula is C31H47F2N4OP. The number of hydrogen-bond donors (Lipinski definition) is 4. The highest BCUT2D eigenvalue weighted by molar-refractivity contribution is 7.18. The van der Waals surface area contributed by atoms with Crippen LogP contribution in [0.5, 0.6) is 0 Å². The van der Waals surface area contributed by atoms with E-state index >= 15 is 0 Å². The number of halogens is 2. The topological polar surface area (TPSA) is 69.2 Å². The standard InChI is InChI=1S/C31H47F2N4OP/c1-6-8-11-19-26(16-7-2)28(34)30(36-5)29(24(3)35-4)37-21-15-10-9-12-17-25-18-13-14-20-27(22-25)38-23-31(32,33)39/h7-8,11,13-14,18-19,22,34-37H,2-3,6,9-10,12,15-17,20-21,23,39H2,1,4-5H3/b11-8-,26-19+,30-29+,34-28?. The summed E-state index contributed by atoms with van der Waals surface area (Å²) in [7, 11) is 5.15. The number of allylic oxidation sites excluding steroid dienone is 10. The number of unbranched alkanes of at least 4 members (excludes halogenated alkanes) is 3. The fraction of sp³-hybridized carbons (Fsp3) is 0.452. The Kier molecular flexibility index (Phi) is 16.8. The smallest absolute Gasteiger partial charge is 0.291 e. The molecule has 0 heterocycles. The van der Waals surface area contributed by atoms with Gasteiger partial charge in [0.05, 0.1) is 22.8 Å². The van der Waals surface area contributed by atoms with Crippen molar-refractivity contribution >= 4 is 15.0 Å². The van der Waals surface area contributed by atoms with Crippen LogP contribution >= 0.6 is 9.24 Å². The van der Waals surface area contributed by atoms with Crippen molar-refractivity contribution < 1.29 is 13.5 Å². The minimum absolute atomic E-state index is 0.403. The molecular weight excluding hydrogens is 513 g/mol. The van der Waals surface area contributed by atoms with Crippen LogP contribution in [0.15, 0.2) is 95.8 Å². The summed E-state index contributed by atoms with van der Waals surface area (Å²) >= 11 is 0. The zero-order valence-corrected chi connectivity index (χ0v) is 25.0. The normalized spacial score (nSPS) is 14.7. The molecule has 0 saturated carbocycles. The summed E-state index contributed by atoms with van der Waals surface area (Å²) in [5.74, 6) is 0.573. The molecule has 5 nitrogen and oxygen atoms in total. The second-order valence-corrected chi connectivity index (χ2v) is 10.1. The molecule has 0 spiro atoms. The largest absolute Gasteiger partial charge is 0.491 e. The Bertz CT molecular complexity index is 1000. The highest BCUT2D eigenvalue weighted by Gasteiger charge is 2.22. The lowest BCUT2D eigenvalue weighted by atomic mass is 10.0. The van der Waals surface area contributed by atoms with Crippen molar-refractivity contribution in [3.63, 3.8) is 0 Å². The second kappa shape index (κ2) is 19.2. The van der Waals surface area contributed by atoms with E-state index in [4.69, 9.17) is 10.1 Å². The molecule has 1 aliphatic carbocycles. The third-order valence-corrected chi connectivity index (χ3v) is 6.13. The lowest BCUT2D eigenvalue weighted by Crippen LogP contribution is -2.30. The van der Waals surface area contributed by atoms with E-state index in [0.717, 1.165) is 61.9 Å². The van der Waals surface area contributed by atoms with Crippen LogP contribution in [0.1, 0.15) is 58.3 Å². The van der Waals surface area contributed by atoms with Gasteiger partial charge in [0, 0.05) is 27.1 Å². The fourth-order valence-electron chi connectivity index (χ4n) is 3.89. The minimum Gasteiger partial charge on any atom is -0.491 e. The van der Waals surface area contributed by atoms with Gasteiger partial charge in [0.2, 0.25) is 0 Å². The number of alkyl halides is 2. The molecule has 0 fully saturated rings. The maximum atomic E-state index is 13.1. The Hall–Kier alpha value is -2.92. The number of likely N-dealkylation sites (N-methyl/N-ethyl adjacent to an activating group) is 1. The van der Waals surface area contributed by atoms with E-state index < -0.39 is 12.3 Å². The molecule has 0 amide bonds. The Morgan fingerprint density at radius 1 is 1.18 bits per heavy atom. The van der Waals surface area contributed by atoms with Gasteiger partial charge in [0.1, 0.15) is 5.76 Å². The van der Waals surface area contributed by atoms with Crippen molar-refractivity contribution in [2.24, 2.45) is 0 Å². The summed E-state index contributed by atoms with van der Waals surface area (Å²) < 4.78 is 31.5. The van der Waals surface area contributed by atoms with Crippen molar-refractivity contribution in [3.8, 4) is 0 Å². The first-order valence-electron chi connectivity index (χ1n) is 13.6. The molecule has 0 saturated heterocycles. The van der Waals surface area contributed by atoms with E-state index in [9.17, 15) is 8.78 Å². The van der Waals surface area contributed by atoms with E-state index in [0.29, 0.717) is 35.7 Å². The van der Waals surface area contributed by atoms with Crippen LogP contribution in [0.4, 0.5) is 8.78 Å². The van der Waals surface area contributed by atoms with Crippen molar-refractivity contribution in [2.75, 3.05) is 27.2 Å². The molecule has 4 N–H and O–H groups in total. The SMILES string of the molecule is C=CC/C(=C\C=C/CC)C(=N)/C(NC)=C(\NCCCCCCC1=CC=CCC(OCC(F)(F)P)=C1)C(=C)NC. The monoisotopic (exact) mass is 560 g/mol. The summed E-state index contributed by atoms with van der Waals surface area (Å²) in [6.07, 6.45) is 22.6. The highest BCUT2D eigenvalue weighted by atomic mass is 31.0. The Morgan fingerprint density at radius 2 is 1.92 bits per heavy atom. The van der Waals surface area contributed by atoms with Crippen molar-refractivity contribution in [3.05, 3.63) is 95.8 Å². The van der Waals surface area contributed by atoms with Crippen LogP contribution in [0.2, 0.25) is 0 Å². The van der Waals surface area contributed by atoms with Gasteiger partial charge in [-0.15, -0.1) is 6.58 Å². The average molecular weight is 561 g/mol. The Labute approximate surface area is 236 Å². The van der Waals surface area contributed by atoms with Gasteiger partial charge in [-0.1, -0.05) is 78.1 Å². The van der Waals surface area contributed by atoms with Crippen LogP contribution in [-0.4, -0.2) is 38.6 Å². The average Bonchev–Trinajstić information content (AvgIpc) is 3.14. The Balaban J connectivity index is 2.69. The van der Waals surface area contributed by atoms with Gasteiger partial charge < -0.3 is 20.7 Å². The molecule has 39 heavy (non-hydrogen) atoms. The van der Waals surface area contributed by atoms with Gasteiger partial charge in [0.25, 0.3) is 5.66 Å². The Morgan fingerprint density at radius 3 is 2.56 bits per heavy atom. The number of ether oxygens (including phenoxy) is 1. The molecule has 1 unspecified atom stereocenters. The molecule has 0 aromatic rings. The quantitative estimate of drug-likeness (QED) is 0.0411. The summed E-state index contributed by atoms with van der Waals surface area (Å²) in [6, 6.07) is 0. The van der Waals surface area contributed by atoms with Crippen LogP contribution in [0.25, 0.3) is 0 Å². The zero-order chi connectivity index (χ0) is 29.1. The van der Waals surface area contributed by atoms with Crippen molar-refractivity contribution in [1.82, 2.24) is 16.0 Å². The molecule has 1 rings (SSSR count). The van der Waals surface area contributed by atoms with E-state index in [-0.39, 0.29) is 0 Å². The van der Waals surface area contributed by atoms with E-state index in [1.165, 1.54) is 9.24 Å². The highest BCUT2D eigenvalue weighted by Crippen LogP contribution is 2.25. The maximum Gasteiger partial charge on any atom is 0.291 e. The van der Waals surface area contributed by atoms with Gasteiger partial charge in [-0.3, -0.25) is 5.41 Å². The summed E-state index contributed by atoms with van der Waals surface area (Å²) in [5.41, 5.74) is 1.62. The summed E-state index contributed by atoms with van der Waals surface area (Å²) in [4.78, 5) is 0. The molecule has 1 aliphatic rings. The van der Waals surface area contributed by atoms with E-state index in [2.05, 4.69) is 42.1 Å². The number of rotatable bonds is 20. The first-order valence-corrected chi connectivity index (χ1v) is 14.2. The second-order valence-electron chi connectivity index (χ2n) is 9.25. The van der Waals surface area contributed by atoms with Crippen LogP contribution in [0.3, 0.4) is 0 Å². The molecule has 0 bridgehead atoms. The van der Waals surface area contributed by atoms with Gasteiger partial charge in [-0.05, 0) is 49.3 Å². The van der Waals surface area contributed by atoms with E-state index in [1.807, 2.05) is 50.6 Å². The molecule has 0 radical (unpaired) electrons. The van der Waals surface area contributed by atoms with Crippen LogP contribution in [0, 0.1) is 5.41 Å². The third-order valence-electron chi connectivity index (χ3n) is 5.96. The minimum atomic E-state index is -2.92. The lowest BCUT2D eigenvalue weighted by Gasteiger charge is -2.20. The van der Waals surface area contributed by atoms with Crippen LogP contribution in [-0.2, 0) is 4.74 Å². The fourth-order valence-corrected chi connectivity index (χ4v) is 3.97. The predicted octanol–water partition coefficient (Wildman–Crippen LogP) is 7.43. The predicted molar refractivity (Wildman–Crippen MR) is 166 cm³/mol. The zero-order valence-electron chi connectivity index (χ0n) is 23.8. The van der Waals surface area contributed by atoms with Crippen molar-refractivity contribution in [2.45, 2.75) is 64.0 Å². The summed E-state index contributed by atoms with van der Waals surface area (Å²) in [5, 5.41) is 18.6. The molecule has 0 aromatic heterocycles. The van der Waals surface area contributed by atoms with Gasteiger partial charge in [-0.2, -0.15) is 8.78 Å². The van der Waals surface area contributed by atoms with E-state index in [1.54, 1.807) is 6.08 Å². The molecule has 216 valence electrons. The first kappa shape index (κ1) is 34.1.